The van der Waals surface area contributed by atoms with Crippen molar-refractivity contribution in [1.29, 1.82) is 0 Å². The first kappa shape index (κ1) is 15.2. The van der Waals surface area contributed by atoms with Crippen molar-refractivity contribution < 1.29 is 22.0 Å². The number of sulfone groups is 1. The first-order valence-electron chi connectivity index (χ1n) is 6.18. The van der Waals surface area contributed by atoms with Crippen molar-refractivity contribution in [2.24, 2.45) is 0 Å². The van der Waals surface area contributed by atoms with Crippen molar-refractivity contribution in [1.82, 2.24) is 5.32 Å². The van der Waals surface area contributed by atoms with Gasteiger partial charge in [-0.3, -0.25) is 4.79 Å². The van der Waals surface area contributed by atoms with Gasteiger partial charge in [-0.2, -0.15) is 0 Å². The number of furan rings is 1. The molecule has 0 aliphatic heterocycles. The van der Waals surface area contributed by atoms with Crippen LogP contribution in [-0.2, 0) is 14.6 Å². The van der Waals surface area contributed by atoms with Crippen LogP contribution in [-0.4, -0.2) is 20.9 Å². The summed E-state index contributed by atoms with van der Waals surface area (Å²) in [4.78, 5) is 11.0. The maximum absolute atomic E-state index is 12.9. The van der Waals surface area contributed by atoms with Gasteiger partial charge in [-0.05, 0) is 36.4 Å². The highest BCUT2D eigenvalue weighted by atomic mass is 32.2. The van der Waals surface area contributed by atoms with Crippen LogP contribution >= 0.6 is 0 Å². The Labute approximate surface area is 121 Å². The van der Waals surface area contributed by atoms with Crippen molar-refractivity contribution in [2.45, 2.75) is 17.1 Å². The van der Waals surface area contributed by atoms with Crippen LogP contribution in [0.1, 0.15) is 17.9 Å². The average molecular weight is 311 g/mol. The first-order chi connectivity index (χ1) is 9.91. The predicted molar refractivity (Wildman–Crippen MR) is 73.7 cm³/mol. The van der Waals surface area contributed by atoms with E-state index in [1.807, 2.05) is 0 Å². The van der Waals surface area contributed by atoms with Gasteiger partial charge in [-0.15, -0.1) is 0 Å². The molecule has 0 aliphatic rings. The van der Waals surface area contributed by atoms with Crippen molar-refractivity contribution >= 4 is 15.7 Å². The molecule has 5 nitrogen and oxygen atoms in total. The Morgan fingerprint density at radius 1 is 1.29 bits per heavy atom. The van der Waals surface area contributed by atoms with Gasteiger partial charge in [0.2, 0.25) is 5.91 Å². The third kappa shape index (κ3) is 3.49. The number of hydrogen-bond donors (Lipinski definition) is 1. The summed E-state index contributed by atoms with van der Waals surface area (Å²) in [6, 6.07) is 7.61. The van der Waals surface area contributed by atoms with E-state index in [2.05, 4.69) is 5.32 Å². The second-order valence-electron chi connectivity index (χ2n) is 4.44. The van der Waals surface area contributed by atoms with Crippen molar-refractivity contribution in [3.63, 3.8) is 0 Å². The Hall–Kier alpha value is -2.15. The number of carbonyl (C=O) groups is 1. The quantitative estimate of drug-likeness (QED) is 0.858. The summed E-state index contributed by atoms with van der Waals surface area (Å²) in [6.45, 7) is 1.17. The van der Waals surface area contributed by atoms with Crippen LogP contribution in [0.4, 0.5) is 4.39 Å². The molecule has 1 heterocycles. The minimum atomic E-state index is -3.81. The normalized spacial score (nSPS) is 12.9. The molecule has 7 heteroatoms. The molecule has 1 unspecified atom stereocenters. The highest BCUT2D eigenvalue weighted by molar-refractivity contribution is 7.91. The Morgan fingerprint density at radius 2 is 1.95 bits per heavy atom. The van der Waals surface area contributed by atoms with Crippen LogP contribution in [0.25, 0.3) is 0 Å². The first-order valence-corrected chi connectivity index (χ1v) is 7.73. The summed E-state index contributed by atoms with van der Waals surface area (Å²) in [7, 11) is -3.81. The molecule has 0 fully saturated rings. The molecule has 1 N–H and O–H groups in total. The molecule has 2 aromatic rings. The second-order valence-corrected chi connectivity index (χ2v) is 6.57. The van der Waals surface area contributed by atoms with E-state index in [1.165, 1.54) is 31.4 Å². The van der Waals surface area contributed by atoms with E-state index >= 15 is 0 Å². The lowest BCUT2D eigenvalue weighted by Crippen LogP contribution is -2.30. The molecule has 0 aliphatic carbocycles. The van der Waals surface area contributed by atoms with Crippen LogP contribution in [0.5, 0.6) is 0 Å². The van der Waals surface area contributed by atoms with E-state index in [0.29, 0.717) is 0 Å². The van der Waals surface area contributed by atoms with Gasteiger partial charge in [0.05, 0.1) is 11.2 Å². The zero-order valence-electron chi connectivity index (χ0n) is 11.2. The fourth-order valence-electron chi connectivity index (χ4n) is 1.86. The van der Waals surface area contributed by atoms with Crippen LogP contribution in [0.15, 0.2) is 52.0 Å². The number of benzene rings is 1. The van der Waals surface area contributed by atoms with Crippen molar-refractivity contribution in [3.05, 3.63) is 54.2 Å². The third-order valence-electron chi connectivity index (χ3n) is 2.91. The van der Waals surface area contributed by atoms with Gasteiger partial charge in [0.1, 0.15) is 16.8 Å². The fourth-order valence-corrected chi connectivity index (χ4v) is 3.45. The summed E-state index contributed by atoms with van der Waals surface area (Å²) in [5.74, 6) is -0.653. The molecule has 1 atom stereocenters. The summed E-state index contributed by atoms with van der Waals surface area (Å²) >= 11 is 0. The molecular formula is C14H14FNO4S. The number of halogens is 1. The fraction of sp³-hybridized carbons (Fsp3) is 0.214. The van der Waals surface area contributed by atoms with Gasteiger partial charge >= 0.3 is 0 Å². The van der Waals surface area contributed by atoms with Crippen molar-refractivity contribution in [3.8, 4) is 0 Å². The molecule has 0 radical (unpaired) electrons. The van der Waals surface area contributed by atoms with E-state index in [-0.39, 0.29) is 23.1 Å². The number of nitrogens with one attached hydrogen (secondary N) is 1. The minimum absolute atomic E-state index is 0.0318. The maximum atomic E-state index is 12.9. The van der Waals surface area contributed by atoms with Crippen LogP contribution in [0, 0.1) is 5.82 Å². The monoisotopic (exact) mass is 311 g/mol. The van der Waals surface area contributed by atoms with Crippen molar-refractivity contribution in [2.75, 3.05) is 6.54 Å². The van der Waals surface area contributed by atoms with Crippen LogP contribution < -0.4 is 5.32 Å². The number of carbonyl (C=O) groups excluding carboxylic acids is 1. The molecule has 0 saturated heterocycles. The van der Waals surface area contributed by atoms with E-state index in [0.717, 1.165) is 12.1 Å². The summed E-state index contributed by atoms with van der Waals surface area (Å²) < 4.78 is 43.3. The average Bonchev–Trinajstić information content (AvgIpc) is 2.92. The van der Waals surface area contributed by atoms with Gasteiger partial charge in [-0.1, -0.05) is 0 Å². The smallest absolute Gasteiger partial charge is 0.216 e. The summed E-state index contributed by atoms with van der Waals surface area (Å²) in [5.41, 5.74) is 0. The summed E-state index contributed by atoms with van der Waals surface area (Å²) in [6.07, 6.45) is 1.36. The maximum Gasteiger partial charge on any atom is 0.216 e. The van der Waals surface area contributed by atoms with Gasteiger partial charge in [0, 0.05) is 13.5 Å². The van der Waals surface area contributed by atoms with Gasteiger partial charge in [0.15, 0.2) is 9.84 Å². The second kappa shape index (κ2) is 6.09. The molecule has 112 valence electrons. The Bertz CT molecular complexity index is 708. The Morgan fingerprint density at radius 3 is 2.48 bits per heavy atom. The van der Waals surface area contributed by atoms with E-state index < -0.39 is 20.9 Å². The molecule has 0 saturated carbocycles. The van der Waals surface area contributed by atoms with E-state index in [4.69, 9.17) is 4.42 Å². The lowest BCUT2D eigenvalue weighted by Gasteiger charge is -2.16. The lowest BCUT2D eigenvalue weighted by molar-refractivity contribution is -0.118. The van der Waals surface area contributed by atoms with E-state index in [1.54, 1.807) is 6.07 Å². The zero-order valence-corrected chi connectivity index (χ0v) is 12.1. The van der Waals surface area contributed by atoms with Gasteiger partial charge in [0.25, 0.3) is 0 Å². The standard InChI is InChI=1S/C14H14FNO4S/c1-10(17)16-9-14(13-3-2-8-20-13)21(18,19)12-6-4-11(15)5-7-12/h2-8,14H,9H2,1H3,(H,16,17). The minimum Gasteiger partial charge on any atom is -0.468 e. The molecule has 0 bridgehead atoms. The number of hydrogen-bond acceptors (Lipinski definition) is 4. The molecule has 0 spiro atoms. The Kier molecular flexibility index (Phi) is 4.42. The van der Waals surface area contributed by atoms with Gasteiger partial charge in [-0.25, -0.2) is 12.8 Å². The lowest BCUT2D eigenvalue weighted by atomic mass is 10.3. The largest absolute Gasteiger partial charge is 0.468 e. The van der Waals surface area contributed by atoms with Crippen LogP contribution in [0.3, 0.4) is 0 Å². The highest BCUT2D eigenvalue weighted by Crippen LogP contribution is 2.28. The highest BCUT2D eigenvalue weighted by Gasteiger charge is 2.31. The molecule has 21 heavy (non-hydrogen) atoms. The molecule has 2 rings (SSSR count). The number of rotatable bonds is 5. The summed E-state index contributed by atoms with van der Waals surface area (Å²) in [5, 5.41) is 1.40. The Balaban J connectivity index is 2.39. The number of amides is 1. The third-order valence-corrected chi connectivity index (χ3v) is 4.99. The molecule has 1 amide bonds. The van der Waals surface area contributed by atoms with Gasteiger partial charge < -0.3 is 9.73 Å². The van der Waals surface area contributed by atoms with Crippen LogP contribution in [0.2, 0.25) is 0 Å². The molecular weight excluding hydrogens is 297 g/mol. The van der Waals surface area contributed by atoms with E-state index in [9.17, 15) is 17.6 Å². The zero-order chi connectivity index (χ0) is 15.5. The predicted octanol–water partition coefficient (Wildman–Crippen LogP) is 2.07. The SMILES string of the molecule is CC(=O)NCC(c1ccco1)S(=O)(=O)c1ccc(F)cc1. The topological polar surface area (TPSA) is 76.4 Å². The molecule has 1 aromatic carbocycles. The molecule has 1 aromatic heterocycles.